The minimum Gasteiger partial charge on any atom is -0.302 e. The summed E-state index contributed by atoms with van der Waals surface area (Å²) in [7, 11) is 0. The fourth-order valence-corrected chi connectivity index (χ4v) is 2.79. The van der Waals surface area contributed by atoms with Crippen LogP contribution in [0.5, 0.6) is 0 Å². The molecule has 0 aliphatic carbocycles. The molecule has 1 aliphatic heterocycles. The van der Waals surface area contributed by atoms with Gasteiger partial charge < -0.3 is 4.90 Å². The van der Waals surface area contributed by atoms with Gasteiger partial charge in [0.2, 0.25) is 0 Å². The molecule has 2 heterocycles. The number of hydrogen-bond acceptors (Lipinski definition) is 2. The fraction of sp³-hybridized carbons (Fsp3) is 0.0588. The van der Waals surface area contributed by atoms with Crippen molar-refractivity contribution in [3.8, 4) is 0 Å². The molecule has 20 heavy (non-hydrogen) atoms. The van der Waals surface area contributed by atoms with Crippen LogP contribution >= 0.6 is 0 Å². The molecule has 0 saturated heterocycles. The highest BCUT2D eigenvalue weighted by molar-refractivity contribution is 6.24. The average molecular weight is 260 g/mol. The summed E-state index contributed by atoms with van der Waals surface area (Å²) in [5.41, 5.74) is 2.66. The summed E-state index contributed by atoms with van der Waals surface area (Å²) in [6.07, 6.45) is 1.75. The Morgan fingerprint density at radius 2 is 1.80 bits per heavy atom. The SMILES string of the molecule is O=C1c2cccc3cccc(c23)N1Cc1ccccn1. The number of amides is 1. The number of aromatic nitrogens is 1. The summed E-state index contributed by atoms with van der Waals surface area (Å²) >= 11 is 0. The Labute approximate surface area is 116 Å². The molecule has 2 aromatic carbocycles. The molecular formula is C17H12N2O. The molecular weight excluding hydrogens is 248 g/mol. The second-order valence-electron chi connectivity index (χ2n) is 4.89. The highest BCUT2D eigenvalue weighted by Gasteiger charge is 2.29. The van der Waals surface area contributed by atoms with Crippen LogP contribution in [0.4, 0.5) is 5.69 Å². The van der Waals surface area contributed by atoms with E-state index in [1.54, 1.807) is 11.1 Å². The maximum Gasteiger partial charge on any atom is 0.259 e. The van der Waals surface area contributed by atoms with Crippen LogP contribution in [0, 0.1) is 0 Å². The smallest absolute Gasteiger partial charge is 0.259 e. The van der Waals surface area contributed by atoms with E-state index in [1.165, 1.54) is 0 Å². The van der Waals surface area contributed by atoms with Gasteiger partial charge in [0, 0.05) is 17.1 Å². The van der Waals surface area contributed by atoms with Crippen LogP contribution in [-0.2, 0) is 6.54 Å². The largest absolute Gasteiger partial charge is 0.302 e. The molecule has 0 fully saturated rings. The first kappa shape index (κ1) is 11.2. The van der Waals surface area contributed by atoms with Gasteiger partial charge in [0.15, 0.2) is 0 Å². The van der Waals surface area contributed by atoms with E-state index < -0.39 is 0 Å². The lowest BCUT2D eigenvalue weighted by Gasteiger charge is -2.17. The molecule has 0 spiro atoms. The second kappa shape index (κ2) is 4.17. The summed E-state index contributed by atoms with van der Waals surface area (Å²) in [6.45, 7) is 0.507. The lowest BCUT2D eigenvalue weighted by Crippen LogP contribution is -2.26. The van der Waals surface area contributed by atoms with Crippen molar-refractivity contribution >= 4 is 22.4 Å². The molecule has 0 bridgehead atoms. The molecule has 0 unspecified atom stereocenters. The van der Waals surface area contributed by atoms with Gasteiger partial charge in [-0.15, -0.1) is 0 Å². The topological polar surface area (TPSA) is 33.2 Å². The molecule has 4 rings (SSSR count). The molecule has 1 aliphatic rings. The normalized spacial score (nSPS) is 13.2. The van der Waals surface area contributed by atoms with Gasteiger partial charge in [0.1, 0.15) is 0 Å². The third kappa shape index (κ3) is 1.53. The molecule has 96 valence electrons. The maximum atomic E-state index is 12.6. The van der Waals surface area contributed by atoms with Crippen molar-refractivity contribution < 1.29 is 4.79 Å². The third-order valence-electron chi connectivity index (χ3n) is 3.70. The Hall–Kier alpha value is -2.68. The first-order valence-electron chi connectivity index (χ1n) is 6.58. The van der Waals surface area contributed by atoms with E-state index in [9.17, 15) is 4.79 Å². The minimum atomic E-state index is 0.0578. The number of anilines is 1. The van der Waals surface area contributed by atoms with E-state index in [-0.39, 0.29) is 5.91 Å². The van der Waals surface area contributed by atoms with Crippen LogP contribution in [0.25, 0.3) is 10.8 Å². The summed E-state index contributed by atoms with van der Waals surface area (Å²) in [5.74, 6) is 0.0578. The molecule has 0 radical (unpaired) electrons. The minimum absolute atomic E-state index is 0.0578. The molecule has 0 atom stereocenters. The summed E-state index contributed by atoms with van der Waals surface area (Å²) in [4.78, 5) is 18.7. The molecule has 1 aromatic heterocycles. The van der Waals surface area contributed by atoms with Crippen molar-refractivity contribution in [2.24, 2.45) is 0 Å². The van der Waals surface area contributed by atoms with Crippen LogP contribution in [0.15, 0.2) is 60.8 Å². The van der Waals surface area contributed by atoms with Crippen molar-refractivity contribution in [2.45, 2.75) is 6.54 Å². The number of benzene rings is 2. The lowest BCUT2D eigenvalue weighted by atomic mass is 10.1. The number of nitrogens with zero attached hydrogens (tertiary/aromatic N) is 2. The fourth-order valence-electron chi connectivity index (χ4n) is 2.79. The van der Waals surface area contributed by atoms with Gasteiger partial charge in [-0.2, -0.15) is 0 Å². The predicted octanol–water partition coefficient (Wildman–Crippen LogP) is 3.40. The lowest BCUT2D eigenvalue weighted by molar-refractivity contribution is 0.0991. The van der Waals surface area contributed by atoms with E-state index in [1.807, 2.05) is 54.6 Å². The average Bonchev–Trinajstić information content (AvgIpc) is 2.77. The van der Waals surface area contributed by atoms with Crippen molar-refractivity contribution in [1.82, 2.24) is 4.98 Å². The van der Waals surface area contributed by atoms with Crippen LogP contribution in [0.3, 0.4) is 0 Å². The van der Waals surface area contributed by atoms with E-state index in [0.717, 1.165) is 27.7 Å². The molecule has 0 saturated carbocycles. The quantitative estimate of drug-likeness (QED) is 0.707. The van der Waals surface area contributed by atoms with Crippen molar-refractivity contribution in [2.75, 3.05) is 4.90 Å². The Bertz CT molecular complexity index is 806. The molecule has 3 aromatic rings. The summed E-state index contributed by atoms with van der Waals surface area (Å²) < 4.78 is 0. The number of pyridine rings is 1. The zero-order valence-electron chi connectivity index (χ0n) is 10.8. The number of carbonyl (C=O) groups excluding carboxylic acids is 1. The molecule has 0 N–H and O–H groups in total. The highest BCUT2D eigenvalue weighted by Crippen LogP contribution is 2.37. The summed E-state index contributed by atoms with van der Waals surface area (Å²) in [5, 5.41) is 2.16. The molecule has 1 amide bonds. The Kier molecular flexibility index (Phi) is 2.33. The van der Waals surface area contributed by atoms with Gasteiger partial charge >= 0.3 is 0 Å². The van der Waals surface area contributed by atoms with Crippen LogP contribution in [0.1, 0.15) is 16.1 Å². The number of carbonyl (C=O) groups is 1. The Balaban J connectivity index is 1.85. The first-order chi connectivity index (χ1) is 9.84. The van der Waals surface area contributed by atoms with Crippen molar-refractivity contribution in [1.29, 1.82) is 0 Å². The van der Waals surface area contributed by atoms with Crippen molar-refractivity contribution in [3.05, 3.63) is 72.1 Å². The van der Waals surface area contributed by atoms with Gasteiger partial charge in [0.25, 0.3) is 5.91 Å². The van der Waals surface area contributed by atoms with Gasteiger partial charge in [-0.05, 0) is 29.7 Å². The van der Waals surface area contributed by atoms with Gasteiger partial charge in [-0.3, -0.25) is 9.78 Å². The van der Waals surface area contributed by atoms with Crippen LogP contribution in [-0.4, -0.2) is 10.9 Å². The zero-order chi connectivity index (χ0) is 13.5. The van der Waals surface area contributed by atoms with Crippen molar-refractivity contribution in [3.63, 3.8) is 0 Å². The van der Waals surface area contributed by atoms with E-state index in [0.29, 0.717) is 6.54 Å². The zero-order valence-corrected chi connectivity index (χ0v) is 10.8. The molecule has 3 nitrogen and oxygen atoms in total. The van der Waals surface area contributed by atoms with Gasteiger partial charge in [-0.25, -0.2) is 0 Å². The predicted molar refractivity (Wildman–Crippen MR) is 78.7 cm³/mol. The summed E-state index contributed by atoms with van der Waals surface area (Å²) in [6, 6.07) is 17.7. The highest BCUT2D eigenvalue weighted by atomic mass is 16.2. The maximum absolute atomic E-state index is 12.6. The van der Waals surface area contributed by atoms with Gasteiger partial charge in [0.05, 0.1) is 17.9 Å². The third-order valence-corrected chi connectivity index (χ3v) is 3.70. The standard InChI is InChI=1S/C17H12N2O/c20-17-14-8-3-5-12-6-4-9-15(16(12)14)19(17)11-13-7-1-2-10-18-13/h1-10H,11H2. The Morgan fingerprint density at radius 3 is 2.60 bits per heavy atom. The van der Waals surface area contributed by atoms with Crippen LogP contribution < -0.4 is 4.90 Å². The van der Waals surface area contributed by atoms with Crippen LogP contribution in [0.2, 0.25) is 0 Å². The Morgan fingerprint density at radius 1 is 0.950 bits per heavy atom. The molecule has 3 heteroatoms. The van der Waals surface area contributed by atoms with Gasteiger partial charge in [-0.1, -0.05) is 30.3 Å². The van der Waals surface area contributed by atoms with E-state index >= 15 is 0 Å². The van der Waals surface area contributed by atoms with E-state index in [2.05, 4.69) is 4.98 Å². The monoisotopic (exact) mass is 260 g/mol. The number of hydrogen-bond donors (Lipinski definition) is 0. The number of rotatable bonds is 2. The van der Waals surface area contributed by atoms with E-state index in [4.69, 9.17) is 0 Å². The first-order valence-corrected chi connectivity index (χ1v) is 6.58. The second-order valence-corrected chi connectivity index (χ2v) is 4.89.